The average Bonchev–Trinajstić information content (AvgIpc) is 3.01. The van der Waals surface area contributed by atoms with Crippen LogP contribution in [0.15, 0.2) is 28.7 Å². The highest BCUT2D eigenvalue weighted by molar-refractivity contribution is 5.95. The van der Waals surface area contributed by atoms with E-state index in [1.54, 1.807) is 17.0 Å². The second kappa shape index (κ2) is 5.24. The van der Waals surface area contributed by atoms with Crippen molar-refractivity contribution in [3.05, 3.63) is 35.6 Å². The van der Waals surface area contributed by atoms with Gasteiger partial charge in [0.2, 0.25) is 11.7 Å². The number of rotatable bonds is 4. The first-order valence-electron chi connectivity index (χ1n) is 7.11. The van der Waals surface area contributed by atoms with E-state index < -0.39 is 5.97 Å². The van der Waals surface area contributed by atoms with E-state index in [1.165, 1.54) is 0 Å². The number of hydrogen-bond acceptors (Lipinski definition) is 3. The molecule has 3 rings (SSSR count). The Balaban J connectivity index is 1.98. The zero-order valence-corrected chi connectivity index (χ0v) is 11.8. The lowest BCUT2D eigenvalue weighted by molar-refractivity contribution is -0.128. The quantitative estimate of drug-likeness (QED) is 0.938. The number of carboxylic acid groups (broad SMARTS) is 1. The fourth-order valence-corrected chi connectivity index (χ4v) is 2.90. The molecule has 1 fully saturated rings. The lowest BCUT2D eigenvalue weighted by atomic mass is 10.1. The number of benzene rings is 1. The van der Waals surface area contributed by atoms with E-state index in [0.29, 0.717) is 36.6 Å². The molecule has 0 bridgehead atoms. The van der Waals surface area contributed by atoms with Crippen LogP contribution in [0.4, 0.5) is 0 Å². The molecule has 1 aromatic heterocycles. The second-order valence-corrected chi connectivity index (χ2v) is 5.46. The van der Waals surface area contributed by atoms with E-state index in [0.717, 1.165) is 11.8 Å². The van der Waals surface area contributed by atoms with Crippen LogP contribution in [0.5, 0.6) is 0 Å². The highest BCUT2D eigenvalue weighted by Gasteiger charge is 2.31. The van der Waals surface area contributed by atoms with Crippen molar-refractivity contribution >= 4 is 22.8 Å². The van der Waals surface area contributed by atoms with Crippen LogP contribution >= 0.6 is 0 Å². The molecule has 1 aliphatic heterocycles. The van der Waals surface area contributed by atoms with Gasteiger partial charge in [0.1, 0.15) is 5.58 Å². The maximum atomic E-state index is 12.0. The van der Waals surface area contributed by atoms with E-state index in [9.17, 15) is 14.7 Å². The van der Waals surface area contributed by atoms with Gasteiger partial charge in [-0.05, 0) is 12.0 Å². The van der Waals surface area contributed by atoms with Gasteiger partial charge in [-0.15, -0.1) is 0 Å². The van der Waals surface area contributed by atoms with Gasteiger partial charge in [-0.2, -0.15) is 0 Å². The van der Waals surface area contributed by atoms with Gasteiger partial charge < -0.3 is 14.4 Å². The number of furan rings is 1. The molecule has 0 spiro atoms. The van der Waals surface area contributed by atoms with Gasteiger partial charge in [0, 0.05) is 23.9 Å². The van der Waals surface area contributed by atoms with Crippen LogP contribution in [0.2, 0.25) is 0 Å². The van der Waals surface area contributed by atoms with Crippen molar-refractivity contribution in [2.24, 2.45) is 5.92 Å². The zero-order valence-electron chi connectivity index (χ0n) is 11.8. The fraction of sp³-hybridized carbons (Fsp3) is 0.375. The Morgan fingerprint density at radius 3 is 2.86 bits per heavy atom. The first kappa shape index (κ1) is 13.7. The topological polar surface area (TPSA) is 70.8 Å². The van der Waals surface area contributed by atoms with E-state index >= 15 is 0 Å². The largest absolute Gasteiger partial charge is 0.475 e. The van der Waals surface area contributed by atoms with Crippen molar-refractivity contribution in [1.29, 1.82) is 0 Å². The first-order chi connectivity index (χ1) is 10.1. The van der Waals surface area contributed by atoms with Gasteiger partial charge in [-0.3, -0.25) is 4.79 Å². The molecular weight excluding hydrogens is 270 g/mol. The lowest BCUT2D eigenvalue weighted by Gasteiger charge is -2.16. The van der Waals surface area contributed by atoms with E-state index in [4.69, 9.17) is 4.42 Å². The molecule has 2 aromatic rings. The van der Waals surface area contributed by atoms with Crippen LogP contribution < -0.4 is 0 Å². The molecular formula is C16H17NO4. The molecule has 1 saturated heterocycles. The number of aromatic carboxylic acids is 1. The van der Waals surface area contributed by atoms with Gasteiger partial charge in [0.15, 0.2) is 0 Å². The van der Waals surface area contributed by atoms with Crippen LogP contribution in [-0.4, -0.2) is 28.4 Å². The summed E-state index contributed by atoms with van der Waals surface area (Å²) in [5, 5.41) is 10.1. The summed E-state index contributed by atoms with van der Waals surface area (Å²) in [6, 6.07) is 7.22. The Morgan fingerprint density at radius 2 is 2.19 bits per heavy atom. The number of hydrogen-bond donors (Lipinski definition) is 1. The van der Waals surface area contributed by atoms with Crippen LogP contribution in [0.1, 0.15) is 35.9 Å². The highest BCUT2D eigenvalue weighted by atomic mass is 16.4. The third-order valence-electron chi connectivity index (χ3n) is 4.11. The maximum Gasteiger partial charge on any atom is 0.372 e. The van der Waals surface area contributed by atoms with Crippen molar-refractivity contribution < 1.29 is 19.1 Å². The summed E-state index contributed by atoms with van der Waals surface area (Å²) in [7, 11) is 0. The summed E-state index contributed by atoms with van der Waals surface area (Å²) in [6.07, 6.45) is 1.51. The van der Waals surface area contributed by atoms with Crippen LogP contribution in [0, 0.1) is 5.92 Å². The molecule has 5 heteroatoms. The number of nitrogens with zero attached hydrogens (tertiary/aromatic N) is 1. The molecule has 1 amide bonds. The molecule has 5 nitrogen and oxygen atoms in total. The van der Waals surface area contributed by atoms with Crippen LogP contribution in [0.3, 0.4) is 0 Å². The summed E-state index contributed by atoms with van der Waals surface area (Å²) < 4.78 is 5.42. The summed E-state index contributed by atoms with van der Waals surface area (Å²) >= 11 is 0. The number of likely N-dealkylation sites (tertiary alicyclic amines) is 1. The zero-order chi connectivity index (χ0) is 15.0. The van der Waals surface area contributed by atoms with Crippen LogP contribution in [0.25, 0.3) is 11.0 Å². The number of carbonyl (C=O) groups is 2. The number of carboxylic acids is 1. The molecule has 2 heterocycles. The third kappa shape index (κ3) is 2.39. The molecule has 0 aliphatic carbocycles. The fourth-order valence-electron chi connectivity index (χ4n) is 2.90. The summed E-state index contributed by atoms with van der Waals surface area (Å²) in [5.41, 5.74) is 1.13. The summed E-state index contributed by atoms with van der Waals surface area (Å²) in [5.74, 6) is -0.712. The average molecular weight is 287 g/mol. The smallest absolute Gasteiger partial charge is 0.372 e. The molecule has 21 heavy (non-hydrogen) atoms. The van der Waals surface area contributed by atoms with Gasteiger partial charge in [0.25, 0.3) is 0 Å². The van der Waals surface area contributed by atoms with E-state index in [1.807, 2.05) is 12.1 Å². The predicted molar refractivity (Wildman–Crippen MR) is 77.0 cm³/mol. The summed E-state index contributed by atoms with van der Waals surface area (Å²) in [4.78, 5) is 25.1. The lowest BCUT2D eigenvalue weighted by Crippen LogP contribution is -2.25. The third-order valence-corrected chi connectivity index (χ3v) is 4.11. The second-order valence-electron chi connectivity index (χ2n) is 5.46. The normalized spacial score (nSPS) is 18.6. The maximum absolute atomic E-state index is 12.0. The minimum absolute atomic E-state index is 0.0658. The van der Waals surface area contributed by atoms with E-state index in [2.05, 4.69) is 6.92 Å². The standard InChI is InChI=1S/C16H17NO4/c1-2-10-7-14(18)17(8-10)9-12-11-5-3-4-6-13(11)21-15(12)16(19)20/h3-6,10H,2,7-9H2,1H3,(H,19,20). The van der Waals surface area contributed by atoms with Crippen molar-refractivity contribution in [1.82, 2.24) is 4.90 Å². The molecule has 1 aliphatic rings. The van der Waals surface area contributed by atoms with Crippen LogP contribution in [-0.2, 0) is 11.3 Å². The Labute approximate surface area is 122 Å². The van der Waals surface area contributed by atoms with Crippen molar-refractivity contribution in [3.8, 4) is 0 Å². The SMILES string of the molecule is CCC1CC(=O)N(Cc2c(C(=O)O)oc3ccccc23)C1. The molecule has 0 radical (unpaired) electrons. The number of carbonyl (C=O) groups excluding carboxylic acids is 1. The molecule has 110 valence electrons. The van der Waals surface area contributed by atoms with Gasteiger partial charge in [-0.25, -0.2) is 4.79 Å². The minimum atomic E-state index is -1.10. The Morgan fingerprint density at radius 1 is 1.43 bits per heavy atom. The molecule has 1 atom stereocenters. The molecule has 1 aromatic carbocycles. The Bertz CT molecular complexity index is 703. The Hall–Kier alpha value is -2.30. The minimum Gasteiger partial charge on any atom is -0.475 e. The Kier molecular flexibility index (Phi) is 3.41. The first-order valence-corrected chi connectivity index (χ1v) is 7.11. The van der Waals surface area contributed by atoms with Gasteiger partial charge in [-0.1, -0.05) is 31.5 Å². The predicted octanol–water partition coefficient (Wildman–Crippen LogP) is 2.89. The molecule has 0 saturated carbocycles. The number of amides is 1. The number of fused-ring (bicyclic) bond motifs is 1. The highest BCUT2D eigenvalue weighted by Crippen LogP contribution is 2.30. The van der Waals surface area contributed by atoms with Gasteiger partial charge >= 0.3 is 5.97 Å². The summed E-state index contributed by atoms with van der Waals surface area (Å²) in [6.45, 7) is 3.05. The van der Waals surface area contributed by atoms with E-state index in [-0.39, 0.29) is 11.7 Å². The molecule has 1 N–H and O–H groups in total. The van der Waals surface area contributed by atoms with Gasteiger partial charge in [0.05, 0.1) is 6.54 Å². The van der Waals surface area contributed by atoms with Crippen molar-refractivity contribution in [2.45, 2.75) is 26.3 Å². The van der Waals surface area contributed by atoms with Crippen molar-refractivity contribution in [3.63, 3.8) is 0 Å². The molecule has 1 unspecified atom stereocenters. The van der Waals surface area contributed by atoms with Crippen molar-refractivity contribution in [2.75, 3.05) is 6.54 Å². The monoisotopic (exact) mass is 287 g/mol. The number of para-hydroxylation sites is 1.